The first kappa shape index (κ1) is 19.2. The number of anilines is 1. The average Bonchev–Trinajstić information content (AvgIpc) is 3.10. The molecule has 0 aliphatic rings. The minimum absolute atomic E-state index is 0.0944. The molecule has 3 aromatic rings. The number of rotatable bonds is 6. The molecule has 0 bridgehead atoms. The lowest BCUT2D eigenvalue weighted by Crippen LogP contribution is -2.25. The van der Waals surface area contributed by atoms with Crippen LogP contribution >= 0.6 is 11.6 Å². The van der Waals surface area contributed by atoms with Gasteiger partial charge in [-0.2, -0.15) is 10.2 Å². The topological polar surface area (TPSA) is 64.7 Å². The number of carbonyl (C=O) groups excluding carboxylic acids is 1. The van der Waals surface area contributed by atoms with Crippen molar-refractivity contribution in [3.05, 3.63) is 64.1 Å². The molecule has 0 saturated carbocycles. The predicted molar refractivity (Wildman–Crippen MR) is 107 cm³/mol. The summed E-state index contributed by atoms with van der Waals surface area (Å²) in [6.45, 7) is 8.75. The summed E-state index contributed by atoms with van der Waals surface area (Å²) in [5.74, 6) is 0.202. The molecule has 0 aliphatic carbocycles. The smallest absolute Gasteiger partial charge is 0.230 e. The van der Waals surface area contributed by atoms with E-state index in [0.717, 1.165) is 22.6 Å². The fraction of sp³-hybridized carbons (Fsp3) is 0.350. The second-order valence-electron chi connectivity index (χ2n) is 6.87. The molecule has 0 saturated heterocycles. The van der Waals surface area contributed by atoms with Gasteiger partial charge in [-0.1, -0.05) is 48.9 Å². The molecule has 7 heteroatoms. The van der Waals surface area contributed by atoms with E-state index in [1.165, 1.54) is 0 Å². The average molecular weight is 386 g/mol. The van der Waals surface area contributed by atoms with Gasteiger partial charge < -0.3 is 5.32 Å². The number of amides is 1. The number of aryl methyl sites for hydroxylation is 2. The van der Waals surface area contributed by atoms with Crippen molar-refractivity contribution in [1.29, 1.82) is 0 Å². The third-order valence-corrected chi connectivity index (χ3v) is 5.14. The zero-order valence-corrected chi connectivity index (χ0v) is 16.8. The van der Waals surface area contributed by atoms with E-state index in [1.807, 2.05) is 56.6 Å². The Kier molecular flexibility index (Phi) is 5.65. The zero-order chi connectivity index (χ0) is 19.6. The van der Waals surface area contributed by atoms with Gasteiger partial charge in [0, 0.05) is 11.8 Å². The minimum Gasteiger partial charge on any atom is -0.309 e. The summed E-state index contributed by atoms with van der Waals surface area (Å²) in [5, 5.41) is 12.5. The lowest BCUT2D eigenvalue weighted by atomic mass is 10.1. The Bertz CT molecular complexity index is 945. The van der Waals surface area contributed by atoms with E-state index < -0.39 is 0 Å². The zero-order valence-electron chi connectivity index (χ0n) is 16.0. The summed E-state index contributed by atoms with van der Waals surface area (Å²) in [5.41, 5.74) is 3.80. The largest absolute Gasteiger partial charge is 0.309 e. The number of hydrogen-bond donors (Lipinski definition) is 1. The van der Waals surface area contributed by atoms with E-state index in [4.69, 9.17) is 11.6 Å². The molecule has 0 aliphatic heterocycles. The number of halogens is 1. The van der Waals surface area contributed by atoms with Gasteiger partial charge in [0.05, 0.1) is 35.4 Å². The molecule has 142 valence electrons. The van der Waals surface area contributed by atoms with Crippen LogP contribution in [0.4, 0.5) is 5.82 Å². The first-order chi connectivity index (χ1) is 12.8. The van der Waals surface area contributed by atoms with Gasteiger partial charge in [-0.25, -0.2) is 0 Å². The number of benzene rings is 1. The van der Waals surface area contributed by atoms with E-state index in [9.17, 15) is 4.79 Å². The van der Waals surface area contributed by atoms with Gasteiger partial charge in [0.1, 0.15) is 0 Å². The van der Waals surface area contributed by atoms with E-state index in [0.29, 0.717) is 23.9 Å². The maximum Gasteiger partial charge on any atom is 0.230 e. The predicted octanol–water partition coefficient (Wildman–Crippen LogP) is 3.98. The highest BCUT2D eigenvalue weighted by molar-refractivity contribution is 6.31. The van der Waals surface area contributed by atoms with Crippen LogP contribution in [0.3, 0.4) is 0 Å². The van der Waals surface area contributed by atoms with E-state index in [-0.39, 0.29) is 11.8 Å². The Morgan fingerprint density at radius 1 is 1.15 bits per heavy atom. The van der Waals surface area contributed by atoms with E-state index >= 15 is 0 Å². The molecule has 3 rings (SSSR count). The number of hydrogen-bond acceptors (Lipinski definition) is 3. The lowest BCUT2D eigenvalue weighted by molar-refractivity contribution is -0.119. The highest BCUT2D eigenvalue weighted by Gasteiger charge is 2.18. The Hall–Kier alpha value is -2.60. The Morgan fingerprint density at radius 2 is 1.85 bits per heavy atom. The van der Waals surface area contributed by atoms with Gasteiger partial charge in [0.25, 0.3) is 0 Å². The summed E-state index contributed by atoms with van der Waals surface area (Å²) >= 11 is 6.18. The van der Waals surface area contributed by atoms with Crippen molar-refractivity contribution >= 4 is 23.3 Å². The number of nitrogens with zero attached hydrogens (tertiary/aromatic N) is 4. The molecule has 1 N–H and O–H groups in total. The van der Waals surface area contributed by atoms with Crippen LogP contribution in [0.1, 0.15) is 29.6 Å². The van der Waals surface area contributed by atoms with Crippen LogP contribution < -0.4 is 5.32 Å². The maximum atomic E-state index is 12.6. The van der Waals surface area contributed by atoms with Crippen LogP contribution in [0.5, 0.6) is 0 Å². The van der Waals surface area contributed by atoms with Crippen molar-refractivity contribution in [2.24, 2.45) is 5.92 Å². The van der Waals surface area contributed by atoms with Gasteiger partial charge in [-0.3, -0.25) is 14.2 Å². The van der Waals surface area contributed by atoms with Gasteiger partial charge in [-0.05, 0) is 26.3 Å². The lowest BCUT2D eigenvalue weighted by Gasteiger charge is -2.12. The quantitative estimate of drug-likeness (QED) is 0.697. The fourth-order valence-electron chi connectivity index (χ4n) is 2.93. The number of carbonyl (C=O) groups is 1. The Morgan fingerprint density at radius 3 is 2.48 bits per heavy atom. The van der Waals surface area contributed by atoms with Crippen molar-refractivity contribution in [3.8, 4) is 0 Å². The summed E-state index contributed by atoms with van der Waals surface area (Å²) in [7, 11) is 0. The third-order valence-electron chi connectivity index (χ3n) is 4.60. The molecule has 0 spiro atoms. The van der Waals surface area contributed by atoms with Crippen molar-refractivity contribution in [2.45, 2.75) is 40.8 Å². The highest BCUT2D eigenvalue weighted by atomic mass is 35.5. The van der Waals surface area contributed by atoms with Gasteiger partial charge in [-0.15, -0.1) is 0 Å². The molecular formula is C20H24ClN5O. The second kappa shape index (κ2) is 7.96. The molecule has 1 unspecified atom stereocenters. The van der Waals surface area contributed by atoms with Crippen molar-refractivity contribution < 1.29 is 4.79 Å². The summed E-state index contributed by atoms with van der Waals surface area (Å²) in [6.07, 6.45) is 0. The van der Waals surface area contributed by atoms with Gasteiger partial charge in [0.2, 0.25) is 5.91 Å². The van der Waals surface area contributed by atoms with Gasteiger partial charge in [0.15, 0.2) is 5.82 Å². The first-order valence-corrected chi connectivity index (χ1v) is 9.31. The standard InChI is InChI=1S/C20H24ClN5O/c1-13(11-26-16(4)19(21)15(3)23-26)20(27)22-18-10-14(2)25(24-18)12-17-8-6-5-7-9-17/h5-10,13H,11-12H2,1-4H3,(H,22,24,27). The van der Waals surface area contributed by atoms with Crippen molar-refractivity contribution in [2.75, 3.05) is 5.32 Å². The molecule has 0 radical (unpaired) electrons. The molecule has 1 aromatic carbocycles. The highest BCUT2D eigenvalue weighted by Crippen LogP contribution is 2.20. The Labute approximate surface area is 164 Å². The van der Waals surface area contributed by atoms with E-state index in [1.54, 1.807) is 4.68 Å². The van der Waals surface area contributed by atoms with Gasteiger partial charge >= 0.3 is 0 Å². The molecule has 6 nitrogen and oxygen atoms in total. The summed E-state index contributed by atoms with van der Waals surface area (Å²) < 4.78 is 3.66. The third kappa shape index (κ3) is 4.39. The molecule has 2 heterocycles. The van der Waals surface area contributed by atoms with Crippen molar-refractivity contribution in [3.63, 3.8) is 0 Å². The van der Waals surface area contributed by atoms with Crippen LogP contribution in [0.15, 0.2) is 36.4 Å². The monoisotopic (exact) mass is 385 g/mol. The SMILES string of the molecule is Cc1nn(CC(C)C(=O)Nc2cc(C)n(Cc3ccccc3)n2)c(C)c1Cl. The molecule has 1 amide bonds. The van der Waals surface area contributed by atoms with Crippen LogP contribution in [-0.4, -0.2) is 25.5 Å². The normalized spacial score (nSPS) is 12.2. The maximum absolute atomic E-state index is 12.6. The summed E-state index contributed by atoms with van der Waals surface area (Å²) in [6, 6.07) is 12.0. The molecule has 27 heavy (non-hydrogen) atoms. The van der Waals surface area contributed by atoms with E-state index in [2.05, 4.69) is 27.6 Å². The Balaban J connectivity index is 1.65. The van der Waals surface area contributed by atoms with Crippen LogP contribution in [0, 0.1) is 26.7 Å². The first-order valence-electron chi connectivity index (χ1n) is 8.94. The minimum atomic E-state index is -0.265. The molecule has 2 aromatic heterocycles. The van der Waals surface area contributed by atoms with Crippen LogP contribution in [-0.2, 0) is 17.9 Å². The molecule has 1 atom stereocenters. The van der Waals surface area contributed by atoms with Crippen LogP contribution in [0.25, 0.3) is 0 Å². The summed E-state index contributed by atoms with van der Waals surface area (Å²) in [4.78, 5) is 12.6. The number of aromatic nitrogens is 4. The second-order valence-corrected chi connectivity index (χ2v) is 7.25. The van der Waals surface area contributed by atoms with Crippen LogP contribution in [0.2, 0.25) is 5.02 Å². The molecular weight excluding hydrogens is 362 g/mol. The number of nitrogens with one attached hydrogen (secondary N) is 1. The fourth-order valence-corrected chi connectivity index (χ4v) is 3.07. The van der Waals surface area contributed by atoms with Crippen molar-refractivity contribution in [1.82, 2.24) is 19.6 Å². The molecule has 0 fully saturated rings.